The molecule has 0 spiro atoms. The van der Waals surface area contributed by atoms with Gasteiger partial charge in [-0.1, -0.05) is 194 Å². The van der Waals surface area contributed by atoms with Gasteiger partial charge in [0.1, 0.15) is 22.3 Å². The third-order valence-corrected chi connectivity index (χ3v) is 14.3. The highest BCUT2D eigenvalue weighted by molar-refractivity contribution is 6.11. The molecule has 12 aromatic carbocycles. The van der Waals surface area contributed by atoms with E-state index in [0.717, 1.165) is 111 Å². The van der Waals surface area contributed by atoms with E-state index < -0.39 is 0 Å². The largest absolute Gasteiger partial charge is 0.455 e. The standard InChI is InChI=1S/C68H44N2O2/c1-3-17-55-47(13-1)15-9-25-63(55)69(53-41-33-49(34-42-53)57-21-11-23-61-59-19-5-7-27-65(59)71-67(57)61)51-37-29-45(30-38-51)46-31-39-52(40-32-46)70(64-26-10-16-48-14-2-4-18-56(48)64)54-43-35-50(36-44-54)58-22-12-24-62-60-20-6-8-28-66(60)72-68(58)62/h1-44H. The van der Waals surface area contributed by atoms with Crippen molar-refractivity contribution in [3.8, 4) is 33.4 Å². The molecule has 4 nitrogen and oxygen atoms in total. The van der Waals surface area contributed by atoms with Crippen LogP contribution in [0.4, 0.5) is 34.1 Å². The van der Waals surface area contributed by atoms with Crippen LogP contribution in [0.2, 0.25) is 0 Å². The lowest BCUT2D eigenvalue weighted by molar-refractivity contribution is 0.669. The molecule has 0 bridgehead atoms. The van der Waals surface area contributed by atoms with E-state index in [-0.39, 0.29) is 0 Å². The summed E-state index contributed by atoms with van der Waals surface area (Å²) >= 11 is 0. The number of para-hydroxylation sites is 4. The van der Waals surface area contributed by atoms with Crippen molar-refractivity contribution in [1.82, 2.24) is 0 Å². The lowest BCUT2D eigenvalue weighted by atomic mass is 10.0. The van der Waals surface area contributed by atoms with Crippen LogP contribution in [0.3, 0.4) is 0 Å². The van der Waals surface area contributed by atoms with Crippen molar-refractivity contribution < 1.29 is 8.83 Å². The summed E-state index contributed by atoms with van der Waals surface area (Å²) in [6, 6.07) is 95.3. The molecule has 0 atom stereocenters. The second-order valence-electron chi connectivity index (χ2n) is 18.4. The molecular weight excluding hydrogens is 877 g/mol. The summed E-state index contributed by atoms with van der Waals surface area (Å²) in [6.45, 7) is 0. The highest BCUT2D eigenvalue weighted by Gasteiger charge is 2.20. The Labute approximate surface area is 416 Å². The van der Waals surface area contributed by atoms with Crippen LogP contribution in [0.1, 0.15) is 0 Å². The molecular formula is C68H44N2O2. The number of hydrogen-bond donors (Lipinski definition) is 0. The Morgan fingerprint density at radius 3 is 0.931 bits per heavy atom. The summed E-state index contributed by atoms with van der Waals surface area (Å²) < 4.78 is 12.9. The van der Waals surface area contributed by atoms with E-state index in [2.05, 4.69) is 252 Å². The number of fused-ring (bicyclic) bond motifs is 8. The van der Waals surface area contributed by atoms with Gasteiger partial charge in [-0.2, -0.15) is 0 Å². The zero-order valence-electron chi connectivity index (χ0n) is 39.1. The zero-order chi connectivity index (χ0) is 47.5. The molecule has 0 aliphatic carbocycles. The Morgan fingerprint density at radius 2 is 0.528 bits per heavy atom. The molecule has 14 aromatic rings. The number of hydrogen-bond acceptors (Lipinski definition) is 4. The molecule has 0 saturated carbocycles. The highest BCUT2D eigenvalue weighted by atomic mass is 16.3. The molecule has 14 rings (SSSR count). The first-order valence-electron chi connectivity index (χ1n) is 24.5. The van der Waals surface area contributed by atoms with Crippen molar-refractivity contribution in [2.75, 3.05) is 9.80 Å². The van der Waals surface area contributed by atoms with Gasteiger partial charge in [0.2, 0.25) is 0 Å². The zero-order valence-corrected chi connectivity index (χ0v) is 39.1. The fraction of sp³-hybridized carbons (Fsp3) is 0. The van der Waals surface area contributed by atoms with Crippen LogP contribution >= 0.6 is 0 Å². The van der Waals surface area contributed by atoms with Crippen molar-refractivity contribution in [3.05, 3.63) is 267 Å². The topological polar surface area (TPSA) is 32.8 Å². The van der Waals surface area contributed by atoms with Crippen LogP contribution in [-0.4, -0.2) is 0 Å². The van der Waals surface area contributed by atoms with E-state index in [1.165, 1.54) is 21.5 Å². The van der Waals surface area contributed by atoms with Gasteiger partial charge >= 0.3 is 0 Å². The summed E-state index contributed by atoms with van der Waals surface area (Å²) in [5, 5.41) is 9.27. The third-order valence-electron chi connectivity index (χ3n) is 14.3. The average molecular weight is 921 g/mol. The van der Waals surface area contributed by atoms with Gasteiger partial charge in [0.05, 0.1) is 11.4 Å². The maximum absolute atomic E-state index is 6.44. The molecule has 0 aliphatic rings. The molecule has 0 saturated heterocycles. The van der Waals surface area contributed by atoms with Gasteiger partial charge in [-0.05, 0) is 106 Å². The molecule has 0 fully saturated rings. The molecule has 4 heteroatoms. The van der Waals surface area contributed by atoms with Crippen LogP contribution in [-0.2, 0) is 0 Å². The SMILES string of the molecule is c1ccc2c(N(c3ccc(-c4ccc(N(c5ccc(-c6cccc7c6oc6ccccc67)cc5)c5cccc6ccccc56)cc4)cc3)c3ccc(-c4cccc5c4oc4ccccc45)cc3)cccc2c1. The molecule has 338 valence electrons. The van der Waals surface area contributed by atoms with Crippen molar-refractivity contribution in [3.63, 3.8) is 0 Å². The number of furan rings is 2. The van der Waals surface area contributed by atoms with E-state index in [1.807, 2.05) is 24.3 Å². The third kappa shape index (κ3) is 7.00. The fourth-order valence-electron chi connectivity index (χ4n) is 10.8. The minimum Gasteiger partial charge on any atom is -0.455 e. The van der Waals surface area contributed by atoms with Gasteiger partial charge in [-0.15, -0.1) is 0 Å². The van der Waals surface area contributed by atoms with Gasteiger partial charge in [0, 0.05) is 66.2 Å². The monoisotopic (exact) mass is 920 g/mol. The predicted molar refractivity (Wildman–Crippen MR) is 302 cm³/mol. The van der Waals surface area contributed by atoms with Crippen LogP contribution in [0, 0.1) is 0 Å². The smallest absolute Gasteiger partial charge is 0.143 e. The lowest BCUT2D eigenvalue weighted by Gasteiger charge is -2.28. The lowest BCUT2D eigenvalue weighted by Crippen LogP contribution is -2.10. The Hall–Kier alpha value is -9.64. The van der Waals surface area contributed by atoms with E-state index >= 15 is 0 Å². The molecule has 0 radical (unpaired) electrons. The van der Waals surface area contributed by atoms with Crippen molar-refractivity contribution >= 4 is 99.5 Å². The van der Waals surface area contributed by atoms with Crippen molar-refractivity contribution in [2.24, 2.45) is 0 Å². The van der Waals surface area contributed by atoms with E-state index in [1.54, 1.807) is 0 Å². The maximum atomic E-state index is 6.44. The molecule has 0 aliphatic heterocycles. The number of nitrogens with zero attached hydrogens (tertiary/aromatic N) is 2. The van der Waals surface area contributed by atoms with Crippen LogP contribution in [0.25, 0.3) is 98.8 Å². The molecule has 2 heterocycles. The second kappa shape index (κ2) is 17.1. The first-order chi connectivity index (χ1) is 35.7. The Bertz CT molecular complexity index is 4030. The van der Waals surface area contributed by atoms with Crippen LogP contribution < -0.4 is 9.80 Å². The van der Waals surface area contributed by atoms with Gasteiger partial charge < -0.3 is 18.6 Å². The van der Waals surface area contributed by atoms with Gasteiger partial charge in [-0.25, -0.2) is 0 Å². The molecule has 72 heavy (non-hydrogen) atoms. The quantitative estimate of drug-likeness (QED) is 0.144. The highest BCUT2D eigenvalue weighted by Crippen LogP contribution is 2.44. The van der Waals surface area contributed by atoms with Crippen molar-refractivity contribution in [1.29, 1.82) is 0 Å². The summed E-state index contributed by atoms with van der Waals surface area (Å²) in [7, 11) is 0. The van der Waals surface area contributed by atoms with E-state index in [4.69, 9.17) is 8.83 Å². The summed E-state index contributed by atoms with van der Waals surface area (Å²) in [5.41, 5.74) is 16.8. The summed E-state index contributed by atoms with van der Waals surface area (Å²) in [6.07, 6.45) is 0. The molecule has 0 N–H and O–H groups in total. The van der Waals surface area contributed by atoms with Gasteiger partial charge in [0.15, 0.2) is 0 Å². The number of benzene rings is 12. The van der Waals surface area contributed by atoms with Crippen LogP contribution in [0.5, 0.6) is 0 Å². The van der Waals surface area contributed by atoms with E-state index in [9.17, 15) is 0 Å². The predicted octanol–water partition coefficient (Wildman–Crippen LogP) is 19.7. The molecule has 0 amide bonds. The first-order valence-corrected chi connectivity index (χ1v) is 24.5. The Kier molecular flexibility index (Phi) is 9.82. The molecule has 0 unspecified atom stereocenters. The molecule has 2 aromatic heterocycles. The summed E-state index contributed by atoms with van der Waals surface area (Å²) in [5.74, 6) is 0. The number of rotatable bonds is 9. The minimum atomic E-state index is 0.900. The summed E-state index contributed by atoms with van der Waals surface area (Å²) in [4.78, 5) is 4.73. The Morgan fingerprint density at radius 1 is 0.222 bits per heavy atom. The van der Waals surface area contributed by atoms with Crippen molar-refractivity contribution in [2.45, 2.75) is 0 Å². The average Bonchev–Trinajstić information content (AvgIpc) is 4.03. The number of anilines is 6. The second-order valence-corrected chi connectivity index (χ2v) is 18.4. The minimum absolute atomic E-state index is 0.900. The fourth-order valence-corrected chi connectivity index (χ4v) is 10.8. The van der Waals surface area contributed by atoms with Gasteiger partial charge in [-0.3, -0.25) is 0 Å². The van der Waals surface area contributed by atoms with Crippen LogP contribution in [0.15, 0.2) is 276 Å². The van der Waals surface area contributed by atoms with Gasteiger partial charge in [0.25, 0.3) is 0 Å². The maximum Gasteiger partial charge on any atom is 0.143 e. The first kappa shape index (κ1) is 41.3. The normalized spacial score (nSPS) is 11.6. The Balaban J connectivity index is 0.811. The van der Waals surface area contributed by atoms with E-state index in [0.29, 0.717) is 0 Å².